The molecule has 22 heavy (non-hydrogen) atoms. The molecule has 0 saturated heterocycles. The maximum atomic E-state index is 10.3. The lowest BCUT2D eigenvalue weighted by Crippen LogP contribution is -2.53. The van der Waals surface area contributed by atoms with Crippen LogP contribution >= 0.6 is 0 Å². The maximum absolute atomic E-state index is 10.3. The van der Waals surface area contributed by atoms with Gasteiger partial charge in [-0.05, 0) is 98.7 Å². The molecule has 1 N–H and O–H groups in total. The highest BCUT2D eigenvalue weighted by atomic mass is 16.3. The van der Waals surface area contributed by atoms with Crippen molar-refractivity contribution in [3.05, 3.63) is 0 Å². The zero-order valence-electron chi connectivity index (χ0n) is 15.0. The summed E-state index contributed by atoms with van der Waals surface area (Å²) in [7, 11) is 0. The lowest BCUT2D eigenvalue weighted by atomic mass is 9.45. The summed E-state index contributed by atoms with van der Waals surface area (Å²) < 4.78 is 0. The highest BCUT2D eigenvalue weighted by Crippen LogP contribution is 2.67. The van der Waals surface area contributed by atoms with Gasteiger partial charge in [-0.15, -0.1) is 0 Å². The summed E-state index contributed by atoms with van der Waals surface area (Å²) in [6.45, 7) is 7.24. The average molecular weight is 305 g/mol. The molecule has 0 aliphatic heterocycles. The topological polar surface area (TPSA) is 20.2 Å². The zero-order valence-corrected chi connectivity index (χ0v) is 15.0. The number of aliphatic hydroxyl groups excluding tert-OH is 1. The van der Waals surface area contributed by atoms with Crippen molar-refractivity contribution in [1.29, 1.82) is 0 Å². The van der Waals surface area contributed by atoms with E-state index in [1.165, 1.54) is 64.2 Å². The molecule has 0 aromatic heterocycles. The molecule has 4 rings (SSSR count). The second kappa shape index (κ2) is 5.23. The minimum Gasteiger partial charge on any atom is -0.393 e. The van der Waals surface area contributed by atoms with Gasteiger partial charge in [0, 0.05) is 0 Å². The summed E-state index contributed by atoms with van der Waals surface area (Å²) in [5, 5.41) is 10.3. The van der Waals surface area contributed by atoms with Gasteiger partial charge in [0.2, 0.25) is 0 Å². The molecule has 1 heteroatoms. The lowest BCUT2D eigenvalue weighted by Gasteiger charge is -2.60. The fourth-order valence-corrected chi connectivity index (χ4v) is 8.13. The fourth-order valence-electron chi connectivity index (χ4n) is 8.13. The van der Waals surface area contributed by atoms with Gasteiger partial charge in [0.25, 0.3) is 0 Å². The van der Waals surface area contributed by atoms with Crippen molar-refractivity contribution < 1.29 is 5.11 Å². The number of rotatable bonds is 1. The van der Waals surface area contributed by atoms with E-state index in [1.54, 1.807) is 0 Å². The van der Waals surface area contributed by atoms with E-state index < -0.39 is 0 Å². The van der Waals surface area contributed by atoms with Crippen LogP contribution in [-0.4, -0.2) is 11.2 Å². The summed E-state index contributed by atoms with van der Waals surface area (Å²) in [5.41, 5.74) is 1.10. The molecule has 4 aliphatic rings. The Morgan fingerprint density at radius 3 is 2.36 bits per heavy atom. The van der Waals surface area contributed by atoms with Crippen LogP contribution in [0.5, 0.6) is 0 Å². The van der Waals surface area contributed by atoms with E-state index >= 15 is 0 Å². The van der Waals surface area contributed by atoms with Crippen LogP contribution in [0.3, 0.4) is 0 Å². The van der Waals surface area contributed by atoms with Gasteiger partial charge in [-0.1, -0.05) is 26.7 Å². The van der Waals surface area contributed by atoms with E-state index in [2.05, 4.69) is 13.8 Å². The Hall–Kier alpha value is -0.0400. The molecule has 4 aliphatic carbocycles. The molecule has 8 atom stereocenters. The highest BCUT2D eigenvalue weighted by molar-refractivity contribution is 5.09. The van der Waals surface area contributed by atoms with Crippen LogP contribution in [0.15, 0.2) is 0 Å². The number of fused-ring (bicyclic) bond motifs is 5. The van der Waals surface area contributed by atoms with Crippen LogP contribution in [0.1, 0.15) is 85.0 Å². The second-order valence-electron chi connectivity index (χ2n) is 9.87. The first kappa shape index (κ1) is 15.5. The predicted molar refractivity (Wildman–Crippen MR) is 91.5 cm³/mol. The number of hydrogen-bond acceptors (Lipinski definition) is 1. The van der Waals surface area contributed by atoms with Crippen LogP contribution in [0.4, 0.5) is 0 Å². The molecule has 0 heterocycles. The normalized spacial score (nSPS) is 55.9. The van der Waals surface area contributed by atoms with E-state index in [1.807, 2.05) is 6.92 Å². The van der Waals surface area contributed by atoms with Gasteiger partial charge in [0.1, 0.15) is 0 Å². The number of hydrogen-bond donors (Lipinski definition) is 1. The first-order valence-corrected chi connectivity index (χ1v) is 10.1. The lowest BCUT2D eigenvalue weighted by molar-refractivity contribution is -0.118. The average Bonchev–Trinajstić information content (AvgIpc) is 2.84. The van der Waals surface area contributed by atoms with Gasteiger partial charge < -0.3 is 5.11 Å². The summed E-state index contributed by atoms with van der Waals surface area (Å²) >= 11 is 0. The van der Waals surface area contributed by atoms with E-state index in [9.17, 15) is 5.11 Å². The Morgan fingerprint density at radius 2 is 1.59 bits per heavy atom. The Labute approximate surface area is 137 Å². The molecule has 4 unspecified atom stereocenters. The SMILES string of the molecule is C[C@H](O)[C@H]1CCC2C3CCC4CCCC[C@]4(C)C3CC[C@@]21C. The Balaban J connectivity index is 1.62. The highest BCUT2D eigenvalue weighted by Gasteiger charge is 2.60. The Kier molecular flexibility index (Phi) is 3.68. The van der Waals surface area contributed by atoms with Crippen molar-refractivity contribution in [2.45, 2.75) is 91.1 Å². The Bertz CT molecular complexity index is 430. The van der Waals surface area contributed by atoms with Gasteiger partial charge in [-0.3, -0.25) is 0 Å². The van der Waals surface area contributed by atoms with Crippen molar-refractivity contribution in [2.24, 2.45) is 40.4 Å². The van der Waals surface area contributed by atoms with Crippen molar-refractivity contribution >= 4 is 0 Å². The van der Waals surface area contributed by atoms with Crippen molar-refractivity contribution in [3.63, 3.8) is 0 Å². The zero-order chi connectivity index (χ0) is 15.5. The molecule has 4 fully saturated rings. The molecule has 0 amide bonds. The van der Waals surface area contributed by atoms with Crippen LogP contribution in [0.2, 0.25) is 0 Å². The monoisotopic (exact) mass is 304 g/mol. The molecule has 0 aromatic rings. The third kappa shape index (κ3) is 2.00. The summed E-state index contributed by atoms with van der Waals surface area (Å²) in [6.07, 6.45) is 14.4. The first-order valence-electron chi connectivity index (χ1n) is 10.1. The van der Waals surface area contributed by atoms with E-state index in [-0.39, 0.29) is 6.10 Å². The van der Waals surface area contributed by atoms with Crippen molar-refractivity contribution in [2.75, 3.05) is 0 Å². The molecule has 0 radical (unpaired) electrons. The largest absolute Gasteiger partial charge is 0.393 e. The maximum Gasteiger partial charge on any atom is 0.0545 e. The molecule has 1 nitrogen and oxygen atoms in total. The number of aliphatic hydroxyl groups is 1. The third-order valence-corrected chi connectivity index (χ3v) is 9.24. The Morgan fingerprint density at radius 1 is 0.818 bits per heavy atom. The van der Waals surface area contributed by atoms with Crippen molar-refractivity contribution in [1.82, 2.24) is 0 Å². The van der Waals surface area contributed by atoms with Gasteiger partial charge in [-0.2, -0.15) is 0 Å². The summed E-state index contributed by atoms with van der Waals surface area (Å²) in [4.78, 5) is 0. The molecule has 4 saturated carbocycles. The van der Waals surface area contributed by atoms with E-state index in [0.29, 0.717) is 16.7 Å². The van der Waals surface area contributed by atoms with Gasteiger partial charge in [0.05, 0.1) is 6.10 Å². The van der Waals surface area contributed by atoms with E-state index in [4.69, 9.17) is 0 Å². The van der Waals surface area contributed by atoms with E-state index in [0.717, 1.165) is 23.7 Å². The van der Waals surface area contributed by atoms with Gasteiger partial charge in [-0.25, -0.2) is 0 Å². The fraction of sp³-hybridized carbons (Fsp3) is 1.00. The quantitative estimate of drug-likeness (QED) is 0.686. The van der Waals surface area contributed by atoms with Crippen LogP contribution in [-0.2, 0) is 0 Å². The van der Waals surface area contributed by atoms with Crippen LogP contribution in [0, 0.1) is 40.4 Å². The van der Waals surface area contributed by atoms with Gasteiger partial charge >= 0.3 is 0 Å². The summed E-state index contributed by atoms with van der Waals surface area (Å²) in [6, 6.07) is 0. The molecular weight excluding hydrogens is 268 g/mol. The molecular formula is C21H36O. The predicted octanol–water partition coefficient (Wildman–Crippen LogP) is 5.42. The minimum absolute atomic E-state index is 0.104. The van der Waals surface area contributed by atoms with Gasteiger partial charge in [0.15, 0.2) is 0 Å². The minimum atomic E-state index is -0.104. The molecule has 0 aromatic carbocycles. The van der Waals surface area contributed by atoms with Crippen molar-refractivity contribution in [3.8, 4) is 0 Å². The third-order valence-electron chi connectivity index (χ3n) is 9.24. The van der Waals surface area contributed by atoms with Crippen LogP contribution < -0.4 is 0 Å². The molecule has 126 valence electrons. The second-order valence-corrected chi connectivity index (χ2v) is 9.87. The summed E-state index contributed by atoms with van der Waals surface area (Å²) in [5.74, 6) is 4.47. The standard InChI is InChI=1S/C21H36O/c1-14(22)17-9-10-18-16-8-7-15-6-4-5-12-20(15,2)19(16)11-13-21(17,18)3/h14-19,22H,4-13H2,1-3H3/t14-,15?,16?,17+,18?,19?,20-,21+/m0/s1. The first-order chi connectivity index (χ1) is 10.5. The molecule has 0 spiro atoms. The molecule has 0 bridgehead atoms. The smallest absolute Gasteiger partial charge is 0.0545 e. The van der Waals surface area contributed by atoms with Crippen LogP contribution in [0.25, 0.3) is 0 Å².